The van der Waals surface area contributed by atoms with Gasteiger partial charge in [0.05, 0.1) is 6.10 Å². The second-order valence-electron chi connectivity index (χ2n) is 6.91. The van der Waals surface area contributed by atoms with E-state index in [2.05, 4.69) is 6.92 Å². The molecule has 20 heavy (non-hydrogen) atoms. The van der Waals surface area contributed by atoms with Crippen LogP contribution in [0.1, 0.15) is 71.6 Å². The molecule has 2 aliphatic rings. The maximum atomic E-state index is 12.5. The molecule has 3 heteroatoms. The van der Waals surface area contributed by atoms with Crippen LogP contribution in [0.5, 0.6) is 0 Å². The number of hydrogen-bond acceptors (Lipinski definition) is 2. The van der Waals surface area contributed by atoms with E-state index in [1.54, 1.807) is 0 Å². The molecular weight excluding hydrogens is 250 g/mol. The monoisotopic (exact) mass is 281 g/mol. The Morgan fingerprint density at radius 3 is 2.45 bits per heavy atom. The van der Waals surface area contributed by atoms with Gasteiger partial charge in [-0.25, -0.2) is 0 Å². The van der Waals surface area contributed by atoms with E-state index in [1.165, 1.54) is 32.1 Å². The third kappa shape index (κ3) is 4.21. The summed E-state index contributed by atoms with van der Waals surface area (Å²) in [4.78, 5) is 14.5. The van der Waals surface area contributed by atoms with Gasteiger partial charge in [0, 0.05) is 13.1 Å². The van der Waals surface area contributed by atoms with Crippen LogP contribution in [0.4, 0.5) is 0 Å². The molecule has 0 aliphatic heterocycles. The molecule has 3 nitrogen and oxygen atoms in total. The summed E-state index contributed by atoms with van der Waals surface area (Å²) in [5.74, 6) is 0.919. The molecule has 2 fully saturated rings. The molecule has 0 radical (unpaired) electrons. The first-order valence-corrected chi connectivity index (χ1v) is 8.50. The molecule has 0 bridgehead atoms. The number of hydrogen-bond donors (Lipinski definition) is 0. The topological polar surface area (TPSA) is 29.5 Å². The Kier molecular flexibility index (Phi) is 5.88. The average Bonchev–Trinajstić information content (AvgIpc) is 2.46. The van der Waals surface area contributed by atoms with E-state index in [1.807, 2.05) is 18.9 Å². The highest BCUT2D eigenvalue weighted by Gasteiger charge is 2.29. The zero-order valence-electron chi connectivity index (χ0n) is 13.4. The van der Waals surface area contributed by atoms with E-state index in [4.69, 9.17) is 4.74 Å². The van der Waals surface area contributed by atoms with Crippen LogP contribution in [0, 0.1) is 5.92 Å². The molecule has 2 aliphatic carbocycles. The zero-order chi connectivity index (χ0) is 14.5. The van der Waals surface area contributed by atoms with Gasteiger partial charge in [-0.15, -0.1) is 0 Å². The summed E-state index contributed by atoms with van der Waals surface area (Å²) in [7, 11) is 1.96. The van der Waals surface area contributed by atoms with Crippen molar-refractivity contribution in [1.82, 2.24) is 4.90 Å². The molecule has 2 saturated carbocycles. The van der Waals surface area contributed by atoms with Gasteiger partial charge in [0.15, 0.2) is 0 Å². The van der Waals surface area contributed by atoms with Crippen LogP contribution in [-0.4, -0.2) is 36.1 Å². The van der Waals surface area contributed by atoms with Crippen LogP contribution < -0.4 is 0 Å². The Balaban J connectivity index is 1.81. The van der Waals surface area contributed by atoms with E-state index >= 15 is 0 Å². The number of rotatable bonds is 4. The normalized spacial score (nSPS) is 29.9. The van der Waals surface area contributed by atoms with Crippen molar-refractivity contribution in [3.8, 4) is 0 Å². The summed E-state index contributed by atoms with van der Waals surface area (Å²) in [6.07, 6.45) is 11.0. The van der Waals surface area contributed by atoms with Crippen molar-refractivity contribution < 1.29 is 9.53 Å². The molecule has 3 atom stereocenters. The molecule has 1 amide bonds. The maximum absolute atomic E-state index is 12.5. The molecule has 0 N–H and O–H groups in total. The average molecular weight is 281 g/mol. The molecule has 0 aromatic rings. The third-order valence-corrected chi connectivity index (χ3v) is 5.10. The van der Waals surface area contributed by atoms with Crippen LogP contribution in [-0.2, 0) is 9.53 Å². The van der Waals surface area contributed by atoms with E-state index in [0.29, 0.717) is 6.04 Å². The van der Waals surface area contributed by atoms with E-state index in [-0.39, 0.29) is 18.1 Å². The molecule has 0 spiro atoms. The van der Waals surface area contributed by atoms with Crippen LogP contribution in [0.15, 0.2) is 0 Å². The minimum atomic E-state index is -0.280. The first-order chi connectivity index (χ1) is 9.58. The highest BCUT2D eigenvalue weighted by molar-refractivity contribution is 5.80. The van der Waals surface area contributed by atoms with Crippen molar-refractivity contribution >= 4 is 5.91 Å². The minimum Gasteiger partial charge on any atom is -0.365 e. The van der Waals surface area contributed by atoms with Crippen molar-refractivity contribution in [2.75, 3.05) is 7.05 Å². The van der Waals surface area contributed by atoms with Crippen LogP contribution >= 0.6 is 0 Å². The van der Waals surface area contributed by atoms with Crippen molar-refractivity contribution in [3.05, 3.63) is 0 Å². The van der Waals surface area contributed by atoms with Crippen LogP contribution in [0.2, 0.25) is 0 Å². The lowest BCUT2D eigenvalue weighted by atomic mass is 9.88. The first kappa shape index (κ1) is 15.8. The number of carbonyl (C=O) groups is 1. The Labute approximate surface area is 124 Å². The Hall–Kier alpha value is -0.570. The second kappa shape index (κ2) is 7.44. The second-order valence-corrected chi connectivity index (χ2v) is 6.91. The van der Waals surface area contributed by atoms with Crippen LogP contribution in [0.3, 0.4) is 0 Å². The van der Waals surface area contributed by atoms with Gasteiger partial charge < -0.3 is 9.64 Å². The molecule has 2 rings (SSSR count). The number of amides is 1. The number of likely N-dealkylation sites (N-methyl/N-ethyl adjacent to an activating group) is 1. The summed E-state index contributed by atoms with van der Waals surface area (Å²) in [6, 6.07) is 0.438. The summed E-state index contributed by atoms with van der Waals surface area (Å²) < 4.78 is 6.04. The van der Waals surface area contributed by atoms with Gasteiger partial charge >= 0.3 is 0 Å². The fourth-order valence-corrected chi connectivity index (χ4v) is 3.78. The van der Waals surface area contributed by atoms with Gasteiger partial charge in [0.1, 0.15) is 6.10 Å². The number of nitrogens with zero attached hydrogens (tertiary/aromatic N) is 1. The highest BCUT2D eigenvalue weighted by atomic mass is 16.5. The fraction of sp³-hybridized carbons (Fsp3) is 0.941. The third-order valence-electron chi connectivity index (χ3n) is 5.10. The maximum Gasteiger partial charge on any atom is 0.251 e. The Bertz CT molecular complexity index is 312. The summed E-state index contributed by atoms with van der Waals surface area (Å²) in [5, 5.41) is 0. The lowest BCUT2D eigenvalue weighted by Crippen LogP contribution is -2.45. The Morgan fingerprint density at radius 2 is 1.80 bits per heavy atom. The van der Waals surface area contributed by atoms with Gasteiger partial charge in [-0.2, -0.15) is 0 Å². The summed E-state index contributed by atoms with van der Waals surface area (Å²) >= 11 is 0. The molecule has 116 valence electrons. The predicted molar refractivity (Wildman–Crippen MR) is 81.6 cm³/mol. The van der Waals surface area contributed by atoms with Crippen molar-refractivity contribution in [3.63, 3.8) is 0 Å². The highest BCUT2D eigenvalue weighted by Crippen LogP contribution is 2.27. The predicted octanol–water partition coefficient (Wildman–Crippen LogP) is 3.76. The quantitative estimate of drug-likeness (QED) is 0.785. The van der Waals surface area contributed by atoms with Gasteiger partial charge in [-0.3, -0.25) is 4.79 Å². The van der Waals surface area contributed by atoms with Gasteiger partial charge in [-0.05, 0) is 38.5 Å². The lowest BCUT2D eigenvalue weighted by Gasteiger charge is -2.34. The van der Waals surface area contributed by atoms with E-state index in [9.17, 15) is 4.79 Å². The minimum absolute atomic E-state index is 0.176. The standard InChI is InChI=1S/C17H31NO2/c1-13-8-7-11-16(12-13)20-14(2)17(19)18(3)15-9-5-4-6-10-15/h13-16H,4-12H2,1-3H3. The van der Waals surface area contributed by atoms with Crippen molar-refractivity contribution in [1.29, 1.82) is 0 Å². The fourth-order valence-electron chi connectivity index (χ4n) is 3.78. The Morgan fingerprint density at radius 1 is 1.10 bits per heavy atom. The van der Waals surface area contributed by atoms with Gasteiger partial charge in [0.2, 0.25) is 0 Å². The largest absolute Gasteiger partial charge is 0.365 e. The molecule has 3 unspecified atom stereocenters. The molecule has 0 saturated heterocycles. The van der Waals surface area contributed by atoms with Crippen LogP contribution in [0.25, 0.3) is 0 Å². The first-order valence-electron chi connectivity index (χ1n) is 8.50. The number of ether oxygens (including phenoxy) is 1. The van der Waals surface area contributed by atoms with Crippen molar-refractivity contribution in [2.45, 2.75) is 89.9 Å². The summed E-state index contributed by atoms with van der Waals surface area (Å²) in [6.45, 7) is 4.22. The summed E-state index contributed by atoms with van der Waals surface area (Å²) in [5.41, 5.74) is 0. The SMILES string of the molecule is CC1CCCC(OC(C)C(=O)N(C)C2CCCCC2)C1. The number of carbonyl (C=O) groups excluding carboxylic acids is 1. The lowest BCUT2D eigenvalue weighted by molar-refractivity contribution is -0.149. The molecular formula is C17H31NO2. The van der Waals surface area contributed by atoms with Gasteiger partial charge in [0.25, 0.3) is 5.91 Å². The molecule has 0 aromatic heterocycles. The molecule has 0 aromatic carbocycles. The molecule has 0 heterocycles. The van der Waals surface area contributed by atoms with Crippen molar-refractivity contribution in [2.24, 2.45) is 5.92 Å². The van der Waals surface area contributed by atoms with Gasteiger partial charge in [-0.1, -0.05) is 39.0 Å². The van der Waals surface area contributed by atoms with E-state index in [0.717, 1.165) is 31.6 Å². The smallest absolute Gasteiger partial charge is 0.251 e. The van der Waals surface area contributed by atoms with E-state index < -0.39 is 0 Å². The zero-order valence-corrected chi connectivity index (χ0v) is 13.4.